The van der Waals surface area contributed by atoms with Crippen molar-refractivity contribution in [3.8, 4) is 11.5 Å². The number of carbonyl (C=O) groups excluding carboxylic acids is 1. The van der Waals surface area contributed by atoms with E-state index < -0.39 is 6.04 Å². The van der Waals surface area contributed by atoms with E-state index in [-0.39, 0.29) is 5.91 Å². The first kappa shape index (κ1) is 18.9. The zero-order valence-electron chi connectivity index (χ0n) is 15.7. The van der Waals surface area contributed by atoms with Crippen LogP contribution >= 0.6 is 11.6 Å². The number of hydrogen-bond acceptors (Lipinski definition) is 4. The minimum Gasteiger partial charge on any atom is -0.418 e. The molecular formula is C23H18ClN3O2. The topological polar surface area (TPSA) is 68.0 Å². The van der Waals surface area contributed by atoms with Gasteiger partial charge < -0.3 is 9.73 Å². The molecule has 0 bridgehead atoms. The normalized spacial score (nSPS) is 11.8. The zero-order chi connectivity index (χ0) is 20.2. The van der Waals surface area contributed by atoms with Crippen LogP contribution in [-0.4, -0.2) is 16.1 Å². The summed E-state index contributed by atoms with van der Waals surface area (Å²) in [5.74, 6) is 0.473. The van der Waals surface area contributed by atoms with Gasteiger partial charge in [0.25, 0.3) is 5.91 Å². The van der Waals surface area contributed by atoms with Crippen LogP contribution in [0.4, 0.5) is 0 Å². The molecule has 0 fully saturated rings. The molecule has 1 aromatic heterocycles. The van der Waals surface area contributed by atoms with Gasteiger partial charge in [0.1, 0.15) is 6.04 Å². The maximum absolute atomic E-state index is 12.9. The van der Waals surface area contributed by atoms with E-state index in [4.69, 9.17) is 16.0 Å². The van der Waals surface area contributed by atoms with Crippen molar-refractivity contribution in [2.75, 3.05) is 0 Å². The van der Waals surface area contributed by atoms with E-state index in [9.17, 15) is 4.79 Å². The van der Waals surface area contributed by atoms with Crippen molar-refractivity contribution < 1.29 is 9.21 Å². The summed E-state index contributed by atoms with van der Waals surface area (Å²) in [5.41, 5.74) is 3.08. The van der Waals surface area contributed by atoms with Crippen molar-refractivity contribution in [3.05, 3.63) is 106 Å². The van der Waals surface area contributed by atoms with E-state index in [1.54, 1.807) is 18.2 Å². The predicted octanol–water partition coefficient (Wildman–Crippen LogP) is 5.22. The third kappa shape index (κ3) is 4.20. The monoisotopic (exact) mass is 403 g/mol. The molecule has 3 aromatic carbocycles. The van der Waals surface area contributed by atoms with Crippen LogP contribution in [0.15, 0.2) is 83.3 Å². The molecule has 0 saturated carbocycles. The van der Waals surface area contributed by atoms with Crippen molar-refractivity contribution in [1.82, 2.24) is 15.5 Å². The van der Waals surface area contributed by atoms with Gasteiger partial charge in [0, 0.05) is 16.1 Å². The highest BCUT2D eigenvalue weighted by Gasteiger charge is 2.24. The van der Waals surface area contributed by atoms with Crippen molar-refractivity contribution in [2.45, 2.75) is 13.0 Å². The second kappa shape index (κ2) is 8.29. The smallest absolute Gasteiger partial charge is 0.252 e. The first-order valence-electron chi connectivity index (χ1n) is 9.12. The molecule has 0 unspecified atom stereocenters. The molecule has 4 rings (SSSR count). The fourth-order valence-electron chi connectivity index (χ4n) is 3.03. The fourth-order valence-corrected chi connectivity index (χ4v) is 3.15. The standard InChI is InChI=1S/C23H18ClN3O2/c1-15-7-5-6-10-19(15)21(28)25-20(16-11-13-18(24)14-12-16)23-27-26-22(29-23)17-8-3-2-4-9-17/h2-14,20H,1H3,(H,25,28)/t20-/m1/s1. The Balaban J connectivity index is 1.70. The Kier molecular flexibility index (Phi) is 5.40. The molecule has 1 heterocycles. The lowest BCUT2D eigenvalue weighted by molar-refractivity contribution is 0.0937. The van der Waals surface area contributed by atoms with E-state index in [0.717, 1.165) is 16.7 Å². The average molecular weight is 404 g/mol. The summed E-state index contributed by atoms with van der Waals surface area (Å²) < 4.78 is 5.91. The van der Waals surface area contributed by atoms with Crippen molar-refractivity contribution in [3.63, 3.8) is 0 Å². The number of nitrogens with zero attached hydrogens (tertiary/aromatic N) is 2. The van der Waals surface area contributed by atoms with E-state index in [2.05, 4.69) is 15.5 Å². The number of aromatic nitrogens is 2. The lowest BCUT2D eigenvalue weighted by Crippen LogP contribution is -2.30. The molecule has 29 heavy (non-hydrogen) atoms. The van der Waals surface area contributed by atoms with Crippen LogP contribution < -0.4 is 5.32 Å². The third-order valence-electron chi connectivity index (χ3n) is 4.58. The Morgan fingerprint density at radius 3 is 2.34 bits per heavy atom. The molecule has 1 atom stereocenters. The van der Waals surface area contributed by atoms with Gasteiger partial charge in [-0.25, -0.2) is 0 Å². The van der Waals surface area contributed by atoms with Gasteiger partial charge in [0.15, 0.2) is 0 Å². The largest absolute Gasteiger partial charge is 0.418 e. The molecule has 0 radical (unpaired) electrons. The lowest BCUT2D eigenvalue weighted by atomic mass is 10.0. The highest BCUT2D eigenvalue weighted by molar-refractivity contribution is 6.30. The van der Waals surface area contributed by atoms with Crippen molar-refractivity contribution in [2.24, 2.45) is 0 Å². The van der Waals surface area contributed by atoms with Crippen LogP contribution in [-0.2, 0) is 0 Å². The number of rotatable bonds is 5. The van der Waals surface area contributed by atoms with Gasteiger partial charge in [-0.05, 0) is 48.4 Å². The number of aryl methyl sites for hydroxylation is 1. The number of carbonyl (C=O) groups is 1. The summed E-state index contributed by atoms with van der Waals surface area (Å²) in [6.45, 7) is 1.90. The van der Waals surface area contributed by atoms with Gasteiger partial charge in [0.2, 0.25) is 11.8 Å². The SMILES string of the molecule is Cc1ccccc1C(=O)N[C@H](c1ccc(Cl)cc1)c1nnc(-c2ccccc2)o1. The molecule has 0 spiro atoms. The molecule has 144 valence electrons. The van der Waals surface area contributed by atoms with Crippen LogP contribution in [0.1, 0.15) is 33.4 Å². The summed E-state index contributed by atoms with van der Waals surface area (Å²) in [4.78, 5) is 12.9. The summed E-state index contributed by atoms with van der Waals surface area (Å²) >= 11 is 6.03. The summed E-state index contributed by atoms with van der Waals surface area (Å²) in [6, 6.07) is 23.5. The molecular weight excluding hydrogens is 386 g/mol. The van der Waals surface area contributed by atoms with E-state index >= 15 is 0 Å². The van der Waals surface area contributed by atoms with Crippen molar-refractivity contribution in [1.29, 1.82) is 0 Å². The Hall–Kier alpha value is -3.44. The molecule has 0 aliphatic rings. The maximum Gasteiger partial charge on any atom is 0.252 e. The molecule has 5 nitrogen and oxygen atoms in total. The molecule has 6 heteroatoms. The quantitative estimate of drug-likeness (QED) is 0.496. The Morgan fingerprint density at radius 2 is 1.62 bits per heavy atom. The number of nitrogens with one attached hydrogen (secondary N) is 1. The first-order chi connectivity index (χ1) is 14.1. The number of halogens is 1. The summed E-state index contributed by atoms with van der Waals surface area (Å²) in [6.07, 6.45) is 0. The van der Waals surface area contributed by atoms with Gasteiger partial charge >= 0.3 is 0 Å². The lowest BCUT2D eigenvalue weighted by Gasteiger charge is -2.16. The summed E-state index contributed by atoms with van der Waals surface area (Å²) in [7, 11) is 0. The number of benzene rings is 3. The summed E-state index contributed by atoms with van der Waals surface area (Å²) in [5, 5.41) is 12.0. The second-order valence-corrected chi connectivity index (χ2v) is 7.02. The fraction of sp³-hybridized carbons (Fsp3) is 0.0870. The minimum atomic E-state index is -0.607. The van der Waals surface area contributed by atoms with Gasteiger partial charge in [-0.15, -0.1) is 10.2 Å². The molecule has 0 saturated heterocycles. The Labute approximate surface area is 173 Å². The molecule has 1 amide bonds. The molecule has 0 aliphatic carbocycles. The second-order valence-electron chi connectivity index (χ2n) is 6.58. The highest BCUT2D eigenvalue weighted by Crippen LogP contribution is 2.26. The Bertz CT molecular complexity index is 1120. The molecule has 4 aromatic rings. The highest BCUT2D eigenvalue weighted by atomic mass is 35.5. The third-order valence-corrected chi connectivity index (χ3v) is 4.83. The van der Waals surface area contributed by atoms with Gasteiger partial charge in [-0.1, -0.05) is 60.1 Å². The predicted molar refractivity (Wildman–Crippen MR) is 112 cm³/mol. The van der Waals surface area contributed by atoms with Gasteiger partial charge in [-0.2, -0.15) is 0 Å². The number of amides is 1. The van der Waals surface area contributed by atoms with E-state index in [0.29, 0.717) is 22.4 Å². The van der Waals surface area contributed by atoms with Crippen LogP contribution in [0.5, 0.6) is 0 Å². The zero-order valence-corrected chi connectivity index (χ0v) is 16.4. The van der Waals surface area contributed by atoms with Crippen LogP contribution in [0.2, 0.25) is 5.02 Å². The minimum absolute atomic E-state index is 0.220. The average Bonchev–Trinajstić information content (AvgIpc) is 3.23. The van der Waals surface area contributed by atoms with Gasteiger partial charge in [0.05, 0.1) is 0 Å². The Morgan fingerprint density at radius 1 is 0.931 bits per heavy atom. The maximum atomic E-state index is 12.9. The molecule has 1 N–H and O–H groups in total. The van der Waals surface area contributed by atoms with Gasteiger partial charge in [-0.3, -0.25) is 4.79 Å². The van der Waals surface area contributed by atoms with Crippen LogP contribution in [0.25, 0.3) is 11.5 Å². The van der Waals surface area contributed by atoms with Crippen LogP contribution in [0, 0.1) is 6.92 Å². The first-order valence-corrected chi connectivity index (χ1v) is 9.50. The number of hydrogen-bond donors (Lipinski definition) is 1. The molecule has 0 aliphatic heterocycles. The van der Waals surface area contributed by atoms with Crippen molar-refractivity contribution >= 4 is 17.5 Å². The van der Waals surface area contributed by atoms with E-state index in [1.807, 2.05) is 67.6 Å². The van der Waals surface area contributed by atoms with Crippen LogP contribution in [0.3, 0.4) is 0 Å². The van der Waals surface area contributed by atoms with E-state index in [1.165, 1.54) is 0 Å².